The molecule has 0 radical (unpaired) electrons. The Balaban J connectivity index is 1.54. The van der Waals surface area contributed by atoms with Gasteiger partial charge in [-0.25, -0.2) is 4.79 Å². The van der Waals surface area contributed by atoms with Gasteiger partial charge in [-0.1, -0.05) is 12.1 Å². The summed E-state index contributed by atoms with van der Waals surface area (Å²) in [5, 5.41) is 10.2. The number of hydrogen-bond donors (Lipinski definition) is 2. The van der Waals surface area contributed by atoms with Gasteiger partial charge in [0.05, 0.1) is 12.1 Å². The molecule has 0 spiro atoms. The van der Waals surface area contributed by atoms with Crippen molar-refractivity contribution >= 4 is 17.6 Å². The zero-order valence-corrected chi connectivity index (χ0v) is 16.2. The molecule has 2 N–H and O–H groups in total. The average molecular weight is 369 g/mol. The monoisotopic (exact) mass is 369 g/mol. The number of urea groups is 1. The summed E-state index contributed by atoms with van der Waals surface area (Å²) in [7, 11) is 1.88. The summed E-state index contributed by atoms with van der Waals surface area (Å²) in [6, 6.07) is 7.52. The lowest BCUT2D eigenvalue weighted by Crippen LogP contribution is -2.32. The van der Waals surface area contributed by atoms with Gasteiger partial charge in [-0.05, 0) is 44.4 Å². The highest BCUT2D eigenvalue weighted by Gasteiger charge is 2.18. The second-order valence-corrected chi connectivity index (χ2v) is 7.05. The Morgan fingerprint density at radius 1 is 1.19 bits per heavy atom. The maximum Gasteiger partial charge on any atom is 0.321 e. The second-order valence-electron chi connectivity index (χ2n) is 7.05. The van der Waals surface area contributed by atoms with Crippen molar-refractivity contribution in [3.05, 3.63) is 46.8 Å². The third-order valence-electron chi connectivity index (χ3n) is 5.06. The zero-order valence-electron chi connectivity index (χ0n) is 16.2. The minimum Gasteiger partial charge on any atom is -0.352 e. The maximum absolute atomic E-state index is 12.3. The molecule has 0 atom stereocenters. The van der Waals surface area contributed by atoms with Crippen molar-refractivity contribution in [3.63, 3.8) is 0 Å². The molecule has 3 rings (SSSR count). The van der Waals surface area contributed by atoms with Gasteiger partial charge in [-0.2, -0.15) is 5.10 Å². The van der Waals surface area contributed by atoms with E-state index in [1.807, 2.05) is 50.1 Å². The van der Waals surface area contributed by atoms with Gasteiger partial charge in [0.15, 0.2) is 0 Å². The highest BCUT2D eigenvalue weighted by atomic mass is 16.2. The van der Waals surface area contributed by atoms with Crippen LogP contribution >= 0.6 is 0 Å². The molecule has 1 aromatic carbocycles. The van der Waals surface area contributed by atoms with E-state index in [1.54, 1.807) is 4.68 Å². The molecule has 7 heteroatoms. The number of nitrogens with zero attached hydrogens (tertiary/aromatic N) is 3. The fraction of sp³-hybridized carbons (Fsp3) is 0.450. The summed E-state index contributed by atoms with van der Waals surface area (Å²) in [4.78, 5) is 26.3. The van der Waals surface area contributed by atoms with E-state index in [9.17, 15) is 9.59 Å². The molecule has 0 saturated carbocycles. The van der Waals surface area contributed by atoms with E-state index in [0.29, 0.717) is 13.0 Å². The Bertz CT molecular complexity index is 837. The number of carbonyl (C=O) groups is 2. The lowest BCUT2D eigenvalue weighted by Gasteiger charge is -2.16. The number of hydrogen-bond acceptors (Lipinski definition) is 3. The van der Waals surface area contributed by atoms with Crippen molar-refractivity contribution in [1.82, 2.24) is 20.0 Å². The number of aromatic nitrogens is 2. The van der Waals surface area contributed by atoms with Crippen molar-refractivity contribution in [3.8, 4) is 0 Å². The molecule has 0 aliphatic carbocycles. The zero-order chi connectivity index (χ0) is 19.4. The standard InChI is InChI=1S/C20H27N5O2/c1-14-18(15(2)24(3)23-14)12-19(26)21-13-16-7-6-8-17(11-16)22-20(27)25-9-4-5-10-25/h6-8,11H,4-5,9-10,12-13H2,1-3H3,(H,21,26)(H,22,27). The summed E-state index contributed by atoms with van der Waals surface area (Å²) in [5.41, 5.74) is 4.56. The summed E-state index contributed by atoms with van der Waals surface area (Å²) in [6.07, 6.45) is 2.45. The molecule has 3 amide bonds. The van der Waals surface area contributed by atoms with Crippen LogP contribution in [0.25, 0.3) is 0 Å². The molecular weight excluding hydrogens is 342 g/mol. The van der Waals surface area contributed by atoms with E-state index in [2.05, 4.69) is 15.7 Å². The van der Waals surface area contributed by atoms with E-state index in [-0.39, 0.29) is 11.9 Å². The van der Waals surface area contributed by atoms with Gasteiger partial charge in [0, 0.05) is 43.6 Å². The van der Waals surface area contributed by atoms with Crippen LogP contribution in [0.1, 0.15) is 35.4 Å². The van der Waals surface area contributed by atoms with Crippen LogP contribution < -0.4 is 10.6 Å². The van der Waals surface area contributed by atoms with Gasteiger partial charge >= 0.3 is 6.03 Å². The number of likely N-dealkylation sites (tertiary alicyclic amines) is 1. The van der Waals surface area contributed by atoms with Crippen molar-refractivity contribution < 1.29 is 9.59 Å². The number of anilines is 1. The first-order chi connectivity index (χ1) is 12.9. The molecule has 0 unspecified atom stereocenters. The normalized spacial score (nSPS) is 13.7. The Morgan fingerprint density at radius 2 is 1.93 bits per heavy atom. The van der Waals surface area contributed by atoms with Crippen molar-refractivity contribution in [2.24, 2.45) is 7.05 Å². The minimum absolute atomic E-state index is 0.0410. The molecular formula is C20H27N5O2. The number of amides is 3. The topological polar surface area (TPSA) is 79.3 Å². The molecule has 1 aliphatic heterocycles. The third-order valence-corrected chi connectivity index (χ3v) is 5.06. The van der Waals surface area contributed by atoms with E-state index < -0.39 is 0 Å². The minimum atomic E-state index is -0.0591. The predicted octanol–water partition coefficient (Wildman–Crippen LogP) is 2.52. The summed E-state index contributed by atoms with van der Waals surface area (Å²) in [6.45, 7) is 5.94. The van der Waals surface area contributed by atoms with Gasteiger partial charge in [0.1, 0.15) is 0 Å². The van der Waals surface area contributed by atoms with Crippen LogP contribution in [0.3, 0.4) is 0 Å². The number of nitrogens with one attached hydrogen (secondary N) is 2. The first-order valence-corrected chi connectivity index (χ1v) is 9.34. The maximum atomic E-state index is 12.3. The van der Waals surface area contributed by atoms with E-state index in [0.717, 1.165) is 54.1 Å². The Morgan fingerprint density at radius 3 is 2.59 bits per heavy atom. The quantitative estimate of drug-likeness (QED) is 0.850. The number of aryl methyl sites for hydroxylation is 2. The molecule has 7 nitrogen and oxygen atoms in total. The van der Waals surface area contributed by atoms with Crippen molar-refractivity contribution in [2.75, 3.05) is 18.4 Å². The summed E-state index contributed by atoms with van der Waals surface area (Å²) < 4.78 is 1.80. The fourth-order valence-electron chi connectivity index (χ4n) is 3.38. The number of rotatable bonds is 5. The van der Waals surface area contributed by atoms with Crippen LogP contribution in [0.4, 0.5) is 10.5 Å². The molecule has 1 aromatic heterocycles. The second kappa shape index (κ2) is 8.24. The first kappa shape index (κ1) is 18.9. The number of benzene rings is 1. The molecule has 0 bridgehead atoms. The van der Waals surface area contributed by atoms with Crippen LogP contribution in [0, 0.1) is 13.8 Å². The van der Waals surface area contributed by atoms with Crippen molar-refractivity contribution in [1.29, 1.82) is 0 Å². The van der Waals surface area contributed by atoms with Crippen LogP contribution in [-0.4, -0.2) is 39.7 Å². The van der Waals surface area contributed by atoms with Crippen molar-refractivity contribution in [2.45, 2.75) is 39.7 Å². The van der Waals surface area contributed by atoms with Gasteiger partial charge < -0.3 is 15.5 Å². The number of carbonyl (C=O) groups excluding carboxylic acids is 2. The van der Waals surface area contributed by atoms with E-state index >= 15 is 0 Å². The summed E-state index contributed by atoms with van der Waals surface area (Å²) >= 11 is 0. The Labute approximate surface area is 159 Å². The van der Waals surface area contributed by atoms with Gasteiger partial charge in [-0.3, -0.25) is 9.48 Å². The average Bonchev–Trinajstić information content (AvgIpc) is 3.25. The fourth-order valence-corrected chi connectivity index (χ4v) is 3.38. The highest BCUT2D eigenvalue weighted by molar-refractivity contribution is 5.89. The molecule has 2 heterocycles. The lowest BCUT2D eigenvalue weighted by molar-refractivity contribution is -0.120. The predicted molar refractivity (Wildman–Crippen MR) is 105 cm³/mol. The van der Waals surface area contributed by atoms with E-state index in [4.69, 9.17) is 0 Å². The van der Waals surface area contributed by atoms with Crippen LogP contribution in [0.15, 0.2) is 24.3 Å². The molecule has 27 heavy (non-hydrogen) atoms. The Hall–Kier alpha value is -2.83. The van der Waals surface area contributed by atoms with Crippen LogP contribution in [0.2, 0.25) is 0 Å². The molecule has 2 aromatic rings. The van der Waals surface area contributed by atoms with Gasteiger partial charge in [0.2, 0.25) is 5.91 Å². The molecule has 1 aliphatic rings. The Kier molecular flexibility index (Phi) is 5.78. The first-order valence-electron chi connectivity index (χ1n) is 9.34. The van der Waals surface area contributed by atoms with Gasteiger partial charge in [-0.15, -0.1) is 0 Å². The van der Waals surface area contributed by atoms with Crippen LogP contribution in [-0.2, 0) is 24.8 Å². The lowest BCUT2D eigenvalue weighted by atomic mass is 10.1. The van der Waals surface area contributed by atoms with E-state index in [1.165, 1.54) is 0 Å². The van der Waals surface area contributed by atoms with Crippen LogP contribution in [0.5, 0.6) is 0 Å². The smallest absolute Gasteiger partial charge is 0.321 e. The highest BCUT2D eigenvalue weighted by Crippen LogP contribution is 2.15. The molecule has 1 saturated heterocycles. The van der Waals surface area contributed by atoms with Gasteiger partial charge in [0.25, 0.3) is 0 Å². The SMILES string of the molecule is Cc1nn(C)c(C)c1CC(=O)NCc1cccc(NC(=O)N2CCCC2)c1. The molecule has 1 fully saturated rings. The summed E-state index contributed by atoms with van der Waals surface area (Å²) in [5.74, 6) is -0.0410. The molecule has 144 valence electrons. The largest absolute Gasteiger partial charge is 0.352 e. The third kappa shape index (κ3) is 4.67.